The van der Waals surface area contributed by atoms with Crippen molar-refractivity contribution in [1.29, 1.82) is 0 Å². The van der Waals surface area contributed by atoms with Gasteiger partial charge in [-0.2, -0.15) is 0 Å². The van der Waals surface area contributed by atoms with Crippen molar-refractivity contribution in [3.8, 4) is 0 Å². The van der Waals surface area contributed by atoms with E-state index >= 15 is 0 Å². The first-order chi connectivity index (χ1) is 11.6. The minimum absolute atomic E-state index is 0.237. The summed E-state index contributed by atoms with van der Waals surface area (Å²) in [6.07, 6.45) is 3.16. The highest BCUT2D eigenvalue weighted by molar-refractivity contribution is 7.12. The third kappa shape index (κ3) is 3.92. The number of anilines is 1. The first kappa shape index (κ1) is 16.9. The highest BCUT2D eigenvalue weighted by Crippen LogP contribution is 2.29. The van der Waals surface area contributed by atoms with Gasteiger partial charge in [0.1, 0.15) is 0 Å². The van der Waals surface area contributed by atoms with Gasteiger partial charge in [-0.25, -0.2) is 0 Å². The predicted molar refractivity (Wildman–Crippen MR) is 95.4 cm³/mol. The van der Waals surface area contributed by atoms with Crippen molar-refractivity contribution < 1.29 is 9.53 Å². The maximum absolute atomic E-state index is 11.6. The van der Waals surface area contributed by atoms with Crippen LogP contribution >= 0.6 is 11.3 Å². The summed E-state index contributed by atoms with van der Waals surface area (Å²) in [7, 11) is 0. The van der Waals surface area contributed by atoms with Crippen molar-refractivity contribution in [2.75, 3.05) is 38.2 Å². The molecule has 1 amide bonds. The van der Waals surface area contributed by atoms with Crippen molar-refractivity contribution in [2.24, 2.45) is 5.73 Å². The summed E-state index contributed by atoms with van der Waals surface area (Å²) < 4.78 is 5.48. The minimum Gasteiger partial charge on any atom is -0.382 e. The van der Waals surface area contributed by atoms with Gasteiger partial charge in [0.15, 0.2) is 0 Å². The number of nitrogens with zero attached hydrogens (tertiary/aromatic N) is 2. The fourth-order valence-corrected chi connectivity index (χ4v) is 3.90. The summed E-state index contributed by atoms with van der Waals surface area (Å²) in [6, 6.07) is 6.36. The topological polar surface area (TPSA) is 80.5 Å². The molecular weight excluding hydrogens is 324 g/mol. The van der Waals surface area contributed by atoms with Crippen LogP contribution in [-0.2, 0) is 4.74 Å². The normalized spacial score (nSPS) is 16.7. The standard InChI is InChI=1S/C17H22N4O2S/c1-12-2-3-16(24-12)15(21-6-8-23-9-7-21)11-20-14-4-5-19-10-13(14)17(18)22/h2-5,10,15H,6-9,11H2,1H3,(H2,18,22)(H,19,20). The van der Waals surface area contributed by atoms with Crippen LogP contribution in [0.15, 0.2) is 30.6 Å². The van der Waals surface area contributed by atoms with E-state index in [9.17, 15) is 4.79 Å². The fourth-order valence-electron chi connectivity index (χ4n) is 2.88. The maximum Gasteiger partial charge on any atom is 0.252 e. The molecule has 1 aliphatic heterocycles. The van der Waals surface area contributed by atoms with Gasteiger partial charge in [-0.05, 0) is 25.1 Å². The van der Waals surface area contributed by atoms with Gasteiger partial charge in [0.25, 0.3) is 5.91 Å². The van der Waals surface area contributed by atoms with Crippen LogP contribution in [-0.4, -0.2) is 48.6 Å². The molecule has 7 heteroatoms. The monoisotopic (exact) mass is 346 g/mol. The zero-order chi connectivity index (χ0) is 16.9. The lowest BCUT2D eigenvalue weighted by atomic mass is 10.1. The average molecular weight is 346 g/mol. The van der Waals surface area contributed by atoms with E-state index in [1.54, 1.807) is 12.3 Å². The number of ether oxygens (including phenoxy) is 1. The molecule has 1 atom stereocenters. The third-order valence-electron chi connectivity index (χ3n) is 4.15. The molecule has 2 aromatic heterocycles. The molecule has 0 aliphatic carbocycles. The number of nitrogens with two attached hydrogens (primary N) is 1. The van der Waals surface area contributed by atoms with Gasteiger partial charge in [-0.15, -0.1) is 11.3 Å². The zero-order valence-electron chi connectivity index (χ0n) is 13.7. The number of amides is 1. The van der Waals surface area contributed by atoms with E-state index in [-0.39, 0.29) is 6.04 Å². The van der Waals surface area contributed by atoms with Gasteiger partial charge in [0.2, 0.25) is 0 Å². The summed E-state index contributed by atoms with van der Waals surface area (Å²) in [5.74, 6) is -0.472. The number of carbonyl (C=O) groups is 1. The molecule has 3 heterocycles. The number of morpholine rings is 1. The van der Waals surface area contributed by atoms with Crippen molar-refractivity contribution in [2.45, 2.75) is 13.0 Å². The number of carbonyl (C=O) groups excluding carboxylic acids is 1. The minimum atomic E-state index is -0.472. The smallest absolute Gasteiger partial charge is 0.252 e. The van der Waals surface area contributed by atoms with Crippen molar-refractivity contribution in [3.05, 3.63) is 45.9 Å². The van der Waals surface area contributed by atoms with Gasteiger partial charge < -0.3 is 15.8 Å². The molecule has 1 saturated heterocycles. The zero-order valence-corrected chi connectivity index (χ0v) is 14.5. The number of rotatable bonds is 6. The van der Waals surface area contributed by atoms with Crippen LogP contribution in [0.25, 0.3) is 0 Å². The van der Waals surface area contributed by atoms with E-state index in [1.807, 2.05) is 11.3 Å². The first-order valence-corrected chi connectivity index (χ1v) is 8.82. The largest absolute Gasteiger partial charge is 0.382 e. The van der Waals surface area contributed by atoms with Crippen molar-refractivity contribution in [1.82, 2.24) is 9.88 Å². The Morgan fingerprint density at radius 3 is 2.88 bits per heavy atom. The lowest BCUT2D eigenvalue weighted by molar-refractivity contribution is 0.0194. The lowest BCUT2D eigenvalue weighted by Gasteiger charge is -2.34. The number of hydrogen-bond acceptors (Lipinski definition) is 6. The second kappa shape index (κ2) is 7.74. The van der Waals surface area contributed by atoms with Crippen LogP contribution in [0.5, 0.6) is 0 Å². The number of pyridine rings is 1. The van der Waals surface area contributed by atoms with Crippen LogP contribution < -0.4 is 11.1 Å². The first-order valence-electron chi connectivity index (χ1n) is 8.01. The molecule has 1 fully saturated rings. The van der Waals surface area contributed by atoms with E-state index in [2.05, 4.69) is 34.3 Å². The second-order valence-electron chi connectivity index (χ2n) is 5.78. The van der Waals surface area contributed by atoms with Gasteiger partial charge in [-0.1, -0.05) is 0 Å². The Hall–Kier alpha value is -1.96. The summed E-state index contributed by atoms with van der Waals surface area (Å²) in [5, 5.41) is 3.38. The summed E-state index contributed by atoms with van der Waals surface area (Å²) in [6.45, 7) is 6.13. The Kier molecular flexibility index (Phi) is 5.44. The van der Waals surface area contributed by atoms with Gasteiger partial charge in [0.05, 0.1) is 30.5 Å². The fraction of sp³-hybridized carbons (Fsp3) is 0.412. The molecule has 6 nitrogen and oxygen atoms in total. The number of aryl methyl sites for hydroxylation is 1. The van der Waals surface area contributed by atoms with E-state index < -0.39 is 5.91 Å². The molecule has 0 saturated carbocycles. The Morgan fingerprint density at radius 2 is 2.21 bits per heavy atom. The molecule has 3 rings (SSSR count). The van der Waals surface area contributed by atoms with E-state index in [4.69, 9.17) is 10.5 Å². The number of nitrogens with one attached hydrogen (secondary N) is 1. The second-order valence-corrected chi connectivity index (χ2v) is 7.10. The molecule has 0 bridgehead atoms. The molecular formula is C17H22N4O2S. The Balaban J connectivity index is 1.78. The van der Waals surface area contributed by atoms with Crippen LogP contribution in [0.3, 0.4) is 0 Å². The molecule has 24 heavy (non-hydrogen) atoms. The van der Waals surface area contributed by atoms with Gasteiger partial charge in [-0.3, -0.25) is 14.7 Å². The van der Waals surface area contributed by atoms with Crippen LogP contribution in [0.1, 0.15) is 26.2 Å². The molecule has 0 aromatic carbocycles. The van der Waals surface area contributed by atoms with Gasteiger partial charge >= 0.3 is 0 Å². The van der Waals surface area contributed by atoms with Crippen LogP contribution in [0.2, 0.25) is 0 Å². The lowest BCUT2D eigenvalue weighted by Crippen LogP contribution is -2.41. The Bertz CT molecular complexity index is 697. The number of aromatic nitrogens is 1. The SMILES string of the molecule is Cc1ccc(C(CNc2ccncc2C(N)=O)N2CCOCC2)s1. The Labute approximate surface area is 145 Å². The average Bonchev–Trinajstić information content (AvgIpc) is 3.02. The molecule has 128 valence electrons. The number of primary amides is 1. The van der Waals surface area contributed by atoms with Crippen LogP contribution in [0, 0.1) is 6.92 Å². The number of hydrogen-bond donors (Lipinski definition) is 2. The molecule has 3 N–H and O–H groups in total. The molecule has 2 aromatic rings. The van der Waals surface area contributed by atoms with E-state index in [0.717, 1.165) is 32.0 Å². The van der Waals surface area contributed by atoms with E-state index in [0.29, 0.717) is 12.1 Å². The highest BCUT2D eigenvalue weighted by atomic mass is 32.1. The number of thiophene rings is 1. The summed E-state index contributed by atoms with van der Waals surface area (Å²) in [4.78, 5) is 20.6. The predicted octanol–water partition coefficient (Wildman–Crippen LogP) is 2.04. The molecule has 0 radical (unpaired) electrons. The summed E-state index contributed by atoms with van der Waals surface area (Å²) in [5.41, 5.74) is 6.58. The van der Waals surface area contributed by atoms with E-state index in [1.165, 1.54) is 16.0 Å². The van der Waals surface area contributed by atoms with Crippen molar-refractivity contribution >= 4 is 22.9 Å². The highest BCUT2D eigenvalue weighted by Gasteiger charge is 2.24. The molecule has 1 unspecified atom stereocenters. The molecule has 0 spiro atoms. The third-order valence-corrected chi connectivity index (χ3v) is 5.25. The van der Waals surface area contributed by atoms with Gasteiger partial charge in [0, 0.05) is 41.8 Å². The maximum atomic E-state index is 11.6. The molecule has 1 aliphatic rings. The van der Waals surface area contributed by atoms with Crippen LogP contribution in [0.4, 0.5) is 5.69 Å². The Morgan fingerprint density at radius 1 is 1.42 bits per heavy atom. The summed E-state index contributed by atoms with van der Waals surface area (Å²) >= 11 is 1.81. The quantitative estimate of drug-likeness (QED) is 0.837. The van der Waals surface area contributed by atoms with Crippen molar-refractivity contribution in [3.63, 3.8) is 0 Å².